The highest BCUT2D eigenvalue weighted by molar-refractivity contribution is 5.79. The van der Waals surface area contributed by atoms with Crippen LogP contribution < -0.4 is 11.1 Å². The quantitative estimate of drug-likeness (QED) is 0.688. The molecule has 3 atom stereocenters. The number of carbonyl (C=O) groups is 1. The molecule has 2 unspecified atom stereocenters. The van der Waals surface area contributed by atoms with Crippen LogP contribution in [0.3, 0.4) is 0 Å². The Labute approximate surface area is 80.1 Å². The van der Waals surface area contributed by atoms with E-state index in [1.165, 1.54) is 25.7 Å². The lowest BCUT2D eigenvalue weighted by atomic mass is 9.87. The molecule has 0 radical (unpaired) electrons. The van der Waals surface area contributed by atoms with Crippen molar-refractivity contribution in [3.05, 3.63) is 0 Å². The Kier molecular flexibility index (Phi) is 3.72. The molecular formula is C10H20N2O. The largest absolute Gasteiger partial charge is 0.368 e. The molecule has 0 aliphatic heterocycles. The van der Waals surface area contributed by atoms with Crippen molar-refractivity contribution in [2.75, 3.05) is 0 Å². The molecule has 0 saturated heterocycles. The summed E-state index contributed by atoms with van der Waals surface area (Å²) in [7, 11) is 0. The lowest BCUT2D eigenvalue weighted by Gasteiger charge is -2.29. The zero-order chi connectivity index (χ0) is 9.84. The molecule has 1 aliphatic rings. The van der Waals surface area contributed by atoms with Gasteiger partial charge in [-0.3, -0.25) is 4.79 Å². The number of amides is 1. The van der Waals surface area contributed by atoms with E-state index in [1.807, 2.05) is 6.92 Å². The van der Waals surface area contributed by atoms with Crippen LogP contribution in [0.15, 0.2) is 0 Å². The fourth-order valence-electron chi connectivity index (χ4n) is 2.02. The van der Waals surface area contributed by atoms with Crippen molar-refractivity contribution < 1.29 is 4.79 Å². The number of carbonyl (C=O) groups excluding carboxylic acids is 1. The van der Waals surface area contributed by atoms with Gasteiger partial charge in [-0.2, -0.15) is 0 Å². The van der Waals surface area contributed by atoms with Crippen LogP contribution in [0.4, 0.5) is 0 Å². The Bertz CT molecular complexity index is 182. The first-order valence-corrected chi connectivity index (χ1v) is 5.15. The fourth-order valence-corrected chi connectivity index (χ4v) is 2.02. The monoisotopic (exact) mass is 184 g/mol. The average molecular weight is 184 g/mol. The van der Waals surface area contributed by atoms with Gasteiger partial charge < -0.3 is 11.1 Å². The maximum Gasteiger partial charge on any atom is 0.234 e. The number of primary amides is 1. The van der Waals surface area contributed by atoms with Crippen LogP contribution in [-0.4, -0.2) is 18.0 Å². The minimum atomic E-state index is -0.252. The summed E-state index contributed by atoms with van der Waals surface area (Å²) in [6.45, 7) is 4.10. The Morgan fingerprint density at radius 2 is 2.23 bits per heavy atom. The van der Waals surface area contributed by atoms with Gasteiger partial charge in [-0.1, -0.05) is 19.8 Å². The Morgan fingerprint density at radius 3 is 2.77 bits per heavy atom. The van der Waals surface area contributed by atoms with Crippen molar-refractivity contribution in [3.63, 3.8) is 0 Å². The molecule has 0 aromatic carbocycles. The van der Waals surface area contributed by atoms with Gasteiger partial charge in [0.2, 0.25) is 5.91 Å². The highest BCUT2D eigenvalue weighted by Crippen LogP contribution is 2.23. The van der Waals surface area contributed by atoms with Gasteiger partial charge in [-0.05, 0) is 25.7 Å². The summed E-state index contributed by atoms with van der Waals surface area (Å²) in [5.74, 6) is 0.532. The van der Waals surface area contributed by atoms with Crippen LogP contribution in [-0.2, 0) is 4.79 Å². The van der Waals surface area contributed by atoms with Gasteiger partial charge in [0.05, 0.1) is 6.04 Å². The van der Waals surface area contributed by atoms with Gasteiger partial charge >= 0.3 is 0 Å². The molecule has 13 heavy (non-hydrogen) atoms. The molecule has 0 spiro atoms. The summed E-state index contributed by atoms with van der Waals surface area (Å²) in [5, 5.41) is 3.27. The van der Waals surface area contributed by atoms with Crippen LogP contribution in [0.1, 0.15) is 39.5 Å². The normalized spacial score (nSPS) is 31.2. The second kappa shape index (κ2) is 4.61. The predicted molar refractivity (Wildman–Crippen MR) is 53.2 cm³/mol. The van der Waals surface area contributed by atoms with E-state index < -0.39 is 0 Å². The Morgan fingerprint density at radius 1 is 1.54 bits per heavy atom. The molecule has 0 heterocycles. The molecule has 3 N–H and O–H groups in total. The van der Waals surface area contributed by atoms with E-state index in [0.717, 1.165) is 5.92 Å². The number of rotatable bonds is 3. The number of nitrogens with two attached hydrogens (primary N) is 1. The molecule has 76 valence electrons. The molecular weight excluding hydrogens is 164 g/mol. The lowest BCUT2D eigenvalue weighted by Crippen LogP contribution is -2.45. The third-order valence-corrected chi connectivity index (χ3v) is 2.85. The topological polar surface area (TPSA) is 55.1 Å². The SMILES string of the molecule is CC1CCCC(N[C@H](C)C(N)=O)C1. The third-order valence-electron chi connectivity index (χ3n) is 2.85. The van der Waals surface area contributed by atoms with Crippen LogP contribution in [0.2, 0.25) is 0 Å². The smallest absolute Gasteiger partial charge is 0.234 e. The van der Waals surface area contributed by atoms with Gasteiger partial charge in [0.1, 0.15) is 0 Å². The maximum atomic E-state index is 10.8. The van der Waals surface area contributed by atoms with E-state index >= 15 is 0 Å². The Hall–Kier alpha value is -0.570. The summed E-state index contributed by atoms with van der Waals surface area (Å²) in [6, 6.07) is 0.307. The lowest BCUT2D eigenvalue weighted by molar-refractivity contribution is -0.119. The molecule has 3 nitrogen and oxygen atoms in total. The number of nitrogens with one attached hydrogen (secondary N) is 1. The van der Waals surface area contributed by atoms with Crippen LogP contribution in [0.5, 0.6) is 0 Å². The standard InChI is InChI=1S/C10H20N2O/c1-7-4-3-5-9(6-7)12-8(2)10(11)13/h7-9,12H,3-6H2,1-2H3,(H2,11,13)/t7?,8-,9?/m1/s1. The minimum Gasteiger partial charge on any atom is -0.368 e. The van der Waals surface area contributed by atoms with Crippen molar-refractivity contribution in [1.29, 1.82) is 0 Å². The first-order chi connectivity index (χ1) is 6.09. The molecule has 0 bridgehead atoms. The molecule has 1 rings (SSSR count). The Balaban J connectivity index is 2.31. The van der Waals surface area contributed by atoms with Gasteiger partial charge in [-0.15, -0.1) is 0 Å². The van der Waals surface area contributed by atoms with Crippen LogP contribution >= 0.6 is 0 Å². The highest BCUT2D eigenvalue weighted by Gasteiger charge is 2.21. The molecule has 1 amide bonds. The van der Waals surface area contributed by atoms with Gasteiger partial charge in [0.25, 0.3) is 0 Å². The van der Waals surface area contributed by atoms with Gasteiger partial charge in [-0.25, -0.2) is 0 Å². The molecule has 1 saturated carbocycles. The first kappa shape index (κ1) is 10.5. The first-order valence-electron chi connectivity index (χ1n) is 5.15. The summed E-state index contributed by atoms with van der Waals surface area (Å²) in [6.07, 6.45) is 4.95. The van der Waals surface area contributed by atoms with E-state index in [0.29, 0.717) is 6.04 Å². The van der Waals surface area contributed by atoms with Crippen molar-refractivity contribution in [2.24, 2.45) is 11.7 Å². The predicted octanol–water partition coefficient (Wildman–Crippen LogP) is 1.03. The van der Waals surface area contributed by atoms with Crippen molar-refractivity contribution >= 4 is 5.91 Å². The summed E-state index contributed by atoms with van der Waals surface area (Å²) in [5.41, 5.74) is 5.19. The highest BCUT2D eigenvalue weighted by atomic mass is 16.1. The van der Waals surface area contributed by atoms with E-state index in [1.54, 1.807) is 0 Å². The molecule has 1 fully saturated rings. The van der Waals surface area contributed by atoms with E-state index in [9.17, 15) is 4.79 Å². The van der Waals surface area contributed by atoms with E-state index in [-0.39, 0.29) is 11.9 Å². The second-order valence-corrected chi connectivity index (χ2v) is 4.26. The number of hydrogen-bond acceptors (Lipinski definition) is 2. The van der Waals surface area contributed by atoms with Gasteiger partial charge in [0, 0.05) is 6.04 Å². The molecule has 0 aromatic heterocycles. The average Bonchev–Trinajstić information content (AvgIpc) is 2.04. The summed E-state index contributed by atoms with van der Waals surface area (Å²) < 4.78 is 0. The van der Waals surface area contributed by atoms with Gasteiger partial charge in [0.15, 0.2) is 0 Å². The van der Waals surface area contributed by atoms with E-state index in [4.69, 9.17) is 5.73 Å². The molecule has 1 aliphatic carbocycles. The van der Waals surface area contributed by atoms with Crippen LogP contribution in [0, 0.1) is 5.92 Å². The number of hydrogen-bond donors (Lipinski definition) is 2. The second-order valence-electron chi connectivity index (χ2n) is 4.26. The zero-order valence-corrected chi connectivity index (χ0v) is 8.55. The third kappa shape index (κ3) is 3.35. The minimum absolute atomic E-state index is 0.185. The van der Waals surface area contributed by atoms with Crippen molar-refractivity contribution in [1.82, 2.24) is 5.32 Å². The van der Waals surface area contributed by atoms with Crippen molar-refractivity contribution in [2.45, 2.75) is 51.6 Å². The summed E-state index contributed by atoms with van der Waals surface area (Å²) in [4.78, 5) is 10.8. The van der Waals surface area contributed by atoms with Crippen molar-refractivity contribution in [3.8, 4) is 0 Å². The maximum absolute atomic E-state index is 10.8. The van der Waals surface area contributed by atoms with E-state index in [2.05, 4.69) is 12.2 Å². The fraction of sp³-hybridized carbons (Fsp3) is 0.900. The molecule has 0 aromatic rings. The molecule has 3 heteroatoms. The summed E-state index contributed by atoms with van der Waals surface area (Å²) >= 11 is 0. The zero-order valence-electron chi connectivity index (χ0n) is 8.55. The van der Waals surface area contributed by atoms with Crippen LogP contribution in [0.25, 0.3) is 0 Å².